The molecule has 4 rings (SSSR count). The van der Waals surface area contributed by atoms with Crippen LogP contribution >= 0.6 is 0 Å². The highest BCUT2D eigenvalue weighted by atomic mass is 16.5. The van der Waals surface area contributed by atoms with E-state index in [1.54, 1.807) is 41.5 Å². The van der Waals surface area contributed by atoms with Crippen LogP contribution in [0.3, 0.4) is 0 Å². The fraction of sp³-hybridized carbons (Fsp3) is 0.316. The second kappa shape index (κ2) is 6.59. The van der Waals surface area contributed by atoms with E-state index in [2.05, 4.69) is 15.4 Å². The summed E-state index contributed by atoms with van der Waals surface area (Å²) < 4.78 is 8.18. The summed E-state index contributed by atoms with van der Waals surface area (Å²) in [6.45, 7) is 1.74. The summed E-state index contributed by atoms with van der Waals surface area (Å²) in [6.07, 6.45) is 4.12. The number of benzene rings is 1. The Morgan fingerprint density at radius 1 is 1.25 bits per heavy atom. The van der Waals surface area contributed by atoms with Crippen LogP contribution in [0.15, 0.2) is 30.6 Å². The lowest BCUT2D eigenvalue weighted by atomic mass is 10.1. The SMILES string of the molecule is COC(=O)c1cnn(-c2ccc(C)c(C(=O)O)c2)c1C1C[C@H]1c1cn(C)nn1. The molecule has 9 heteroatoms. The first-order chi connectivity index (χ1) is 13.4. The topological polar surface area (TPSA) is 112 Å². The molecule has 1 unspecified atom stereocenters. The number of methoxy groups -OCH3 is 1. The Balaban J connectivity index is 1.79. The van der Waals surface area contributed by atoms with E-state index in [0.717, 1.165) is 12.1 Å². The molecule has 0 aliphatic heterocycles. The van der Waals surface area contributed by atoms with E-state index in [1.165, 1.54) is 13.3 Å². The lowest BCUT2D eigenvalue weighted by Crippen LogP contribution is -2.09. The maximum atomic E-state index is 12.3. The number of aryl methyl sites for hydroxylation is 2. The molecular formula is C19H19N5O4. The Hall–Kier alpha value is -3.49. The second-order valence-corrected chi connectivity index (χ2v) is 6.92. The highest BCUT2D eigenvalue weighted by Gasteiger charge is 2.46. The lowest BCUT2D eigenvalue weighted by Gasteiger charge is -2.11. The Morgan fingerprint density at radius 2 is 2.04 bits per heavy atom. The van der Waals surface area contributed by atoms with Crippen LogP contribution in [-0.4, -0.2) is 48.9 Å². The normalized spacial score (nSPS) is 18.1. The van der Waals surface area contributed by atoms with Gasteiger partial charge in [-0.1, -0.05) is 11.3 Å². The van der Waals surface area contributed by atoms with Crippen molar-refractivity contribution < 1.29 is 19.4 Å². The highest BCUT2D eigenvalue weighted by Crippen LogP contribution is 2.55. The van der Waals surface area contributed by atoms with Crippen molar-refractivity contribution in [3.8, 4) is 5.69 Å². The van der Waals surface area contributed by atoms with Crippen LogP contribution in [0, 0.1) is 6.92 Å². The summed E-state index contributed by atoms with van der Waals surface area (Å²) in [6, 6.07) is 5.09. The number of carboxylic acids is 1. The van der Waals surface area contributed by atoms with Crippen molar-refractivity contribution in [1.82, 2.24) is 24.8 Å². The third-order valence-corrected chi connectivity index (χ3v) is 5.05. The minimum atomic E-state index is -1.01. The fourth-order valence-electron chi connectivity index (χ4n) is 3.52. The molecule has 1 aromatic carbocycles. The first-order valence-corrected chi connectivity index (χ1v) is 8.77. The van der Waals surface area contributed by atoms with E-state index >= 15 is 0 Å². The molecule has 0 radical (unpaired) electrons. The van der Waals surface area contributed by atoms with E-state index in [-0.39, 0.29) is 17.4 Å². The van der Waals surface area contributed by atoms with Gasteiger partial charge in [0, 0.05) is 25.1 Å². The van der Waals surface area contributed by atoms with Crippen molar-refractivity contribution in [2.75, 3.05) is 7.11 Å². The van der Waals surface area contributed by atoms with E-state index in [9.17, 15) is 14.7 Å². The van der Waals surface area contributed by atoms with Gasteiger partial charge in [-0.2, -0.15) is 5.10 Å². The molecule has 3 aromatic rings. The number of aromatic carboxylic acids is 1. The smallest absolute Gasteiger partial charge is 0.341 e. The van der Waals surface area contributed by atoms with E-state index < -0.39 is 11.9 Å². The molecule has 0 saturated heterocycles. The molecule has 1 fully saturated rings. The molecule has 0 amide bonds. The zero-order chi connectivity index (χ0) is 20.0. The number of rotatable bonds is 5. The Labute approximate surface area is 160 Å². The van der Waals surface area contributed by atoms with Gasteiger partial charge in [0.1, 0.15) is 5.56 Å². The molecule has 1 N–H and O–H groups in total. The third-order valence-electron chi connectivity index (χ3n) is 5.05. The number of nitrogens with zero attached hydrogens (tertiary/aromatic N) is 5. The van der Waals surface area contributed by atoms with Gasteiger partial charge in [-0.3, -0.25) is 4.68 Å². The highest BCUT2D eigenvalue weighted by molar-refractivity contribution is 5.91. The zero-order valence-electron chi connectivity index (χ0n) is 15.7. The molecule has 2 heterocycles. The molecule has 0 bridgehead atoms. The van der Waals surface area contributed by atoms with Crippen LogP contribution in [0.4, 0.5) is 0 Å². The molecule has 9 nitrogen and oxygen atoms in total. The van der Waals surface area contributed by atoms with Crippen LogP contribution in [0.2, 0.25) is 0 Å². The molecule has 1 aliphatic rings. The summed E-state index contributed by atoms with van der Waals surface area (Å²) in [5.41, 5.74) is 3.35. The largest absolute Gasteiger partial charge is 0.478 e. The van der Waals surface area contributed by atoms with Crippen molar-refractivity contribution in [2.24, 2.45) is 7.05 Å². The number of ether oxygens (including phenoxy) is 1. The van der Waals surface area contributed by atoms with E-state index in [1.807, 2.05) is 6.20 Å². The predicted octanol–water partition coefficient (Wildman–Crippen LogP) is 2.07. The third kappa shape index (κ3) is 2.94. The zero-order valence-corrected chi connectivity index (χ0v) is 15.7. The summed E-state index contributed by atoms with van der Waals surface area (Å²) in [7, 11) is 3.13. The molecule has 28 heavy (non-hydrogen) atoms. The summed E-state index contributed by atoms with van der Waals surface area (Å²) >= 11 is 0. The van der Waals surface area contributed by atoms with Crippen molar-refractivity contribution in [3.05, 3.63) is 58.7 Å². The van der Waals surface area contributed by atoms with Crippen LogP contribution < -0.4 is 0 Å². The van der Waals surface area contributed by atoms with Crippen LogP contribution in [0.25, 0.3) is 5.69 Å². The summed E-state index contributed by atoms with van der Waals surface area (Å²) in [4.78, 5) is 23.8. The van der Waals surface area contributed by atoms with Gasteiger partial charge >= 0.3 is 11.9 Å². The average molecular weight is 381 g/mol. The second-order valence-electron chi connectivity index (χ2n) is 6.92. The van der Waals surface area contributed by atoms with Gasteiger partial charge in [-0.25, -0.2) is 14.3 Å². The number of carbonyl (C=O) groups is 2. The maximum Gasteiger partial charge on any atom is 0.341 e. The molecule has 144 valence electrons. The molecule has 2 atom stereocenters. The lowest BCUT2D eigenvalue weighted by molar-refractivity contribution is 0.0598. The first kappa shape index (κ1) is 17.9. The van der Waals surface area contributed by atoms with Crippen molar-refractivity contribution >= 4 is 11.9 Å². The van der Waals surface area contributed by atoms with Crippen LogP contribution in [0.1, 0.15) is 55.9 Å². The number of esters is 1. The van der Waals surface area contributed by atoms with Crippen molar-refractivity contribution in [2.45, 2.75) is 25.2 Å². The minimum Gasteiger partial charge on any atom is -0.478 e. The molecule has 2 aromatic heterocycles. The van der Waals surface area contributed by atoms with Crippen molar-refractivity contribution in [1.29, 1.82) is 0 Å². The van der Waals surface area contributed by atoms with Gasteiger partial charge in [-0.05, 0) is 31.0 Å². The Kier molecular flexibility index (Phi) is 4.21. The van der Waals surface area contributed by atoms with Crippen molar-refractivity contribution in [3.63, 3.8) is 0 Å². The van der Waals surface area contributed by atoms with E-state index in [4.69, 9.17) is 4.74 Å². The van der Waals surface area contributed by atoms with Gasteiger partial charge in [-0.15, -0.1) is 5.10 Å². The van der Waals surface area contributed by atoms with Gasteiger partial charge in [0.25, 0.3) is 0 Å². The molecule has 1 aliphatic carbocycles. The summed E-state index contributed by atoms with van der Waals surface area (Å²) in [5, 5.41) is 21.9. The fourth-order valence-corrected chi connectivity index (χ4v) is 3.52. The molecule has 0 spiro atoms. The number of carboxylic acid groups (broad SMARTS) is 1. The quantitative estimate of drug-likeness (QED) is 0.673. The van der Waals surface area contributed by atoms with Gasteiger partial charge in [0.15, 0.2) is 0 Å². The van der Waals surface area contributed by atoms with Crippen LogP contribution in [-0.2, 0) is 11.8 Å². The predicted molar refractivity (Wildman–Crippen MR) is 97.7 cm³/mol. The maximum absolute atomic E-state index is 12.3. The number of hydrogen-bond donors (Lipinski definition) is 1. The number of carbonyl (C=O) groups excluding carboxylic acids is 1. The molecule has 1 saturated carbocycles. The number of aromatic nitrogens is 5. The first-order valence-electron chi connectivity index (χ1n) is 8.77. The summed E-state index contributed by atoms with van der Waals surface area (Å²) in [5.74, 6) is -1.35. The van der Waals surface area contributed by atoms with Gasteiger partial charge in [0.05, 0.1) is 35.9 Å². The number of hydrogen-bond acceptors (Lipinski definition) is 6. The van der Waals surface area contributed by atoms with Crippen LogP contribution in [0.5, 0.6) is 0 Å². The minimum absolute atomic E-state index is 0.0166. The standard InChI is InChI=1S/C19H19N5O4/c1-10-4-5-11(6-12(10)18(25)26)24-17(15(8-20-24)19(27)28-3)14-7-13(14)16-9-23(2)22-21-16/h4-6,8-9,13-14H,7H2,1-3H3,(H,25,26)/t13-,14?/m1/s1. The monoisotopic (exact) mass is 381 g/mol. The Bertz CT molecular complexity index is 1080. The average Bonchev–Trinajstić information content (AvgIpc) is 3.13. The van der Waals surface area contributed by atoms with Gasteiger partial charge in [0.2, 0.25) is 0 Å². The van der Waals surface area contributed by atoms with E-state index in [0.29, 0.717) is 22.5 Å². The molecular weight excluding hydrogens is 362 g/mol. The van der Waals surface area contributed by atoms with Gasteiger partial charge < -0.3 is 9.84 Å². The Morgan fingerprint density at radius 3 is 2.68 bits per heavy atom.